The quantitative estimate of drug-likeness (QED) is 0.354. The van der Waals surface area contributed by atoms with Gasteiger partial charge in [0.25, 0.3) is 5.91 Å². The Hall–Kier alpha value is -2.98. The largest absolute Gasteiger partial charge is 0.339 e. The van der Waals surface area contributed by atoms with Crippen LogP contribution >= 0.6 is 23.4 Å². The van der Waals surface area contributed by atoms with E-state index < -0.39 is 5.37 Å². The molecule has 1 fully saturated rings. The van der Waals surface area contributed by atoms with Crippen molar-refractivity contribution in [3.63, 3.8) is 0 Å². The number of hydrogen-bond acceptors (Lipinski definition) is 7. The molecule has 1 saturated heterocycles. The predicted octanol–water partition coefficient (Wildman–Crippen LogP) is 3.54. The van der Waals surface area contributed by atoms with E-state index in [1.807, 2.05) is 12.1 Å². The van der Waals surface area contributed by atoms with Crippen molar-refractivity contribution in [3.05, 3.63) is 83.3 Å². The third-order valence-corrected chi connectivity index (χ3v) is 7.04. The zero-order valence-electron chi connectivity index (χ0n) is 19.4. The number of carbonyl (C=O) groups is 2. The molecule has 1 aliphatic rings. The van der Waals surface area contributed by atoms with Gasteiger partial charge in [0.05, 0.1) is 12.1 Å². The van der Waals surface area contributed by atoms with Gasteiger partial charge in [-0.2, -0.15) is 0 Å². The van der Waals surface area contributed by atoms with Crippen LogP contribution < -0.4 is 10.6 Å². The van der Waals surface area contributed by atoms with Crippen LogP contribution in [-0.4, -0.2) is 71.4 Å². The number of aromatic nitrogens is 2. The molecule has 0 spiro atoms. The number of benzene rings is 1. The van der Waals surface area contributed by atoms with Crippen molar-refractivity contribution in [1.29, 1.82) is 0 Å². The van der Waals surface area contributed by atoms with Gasteiger partial charge >= 0.3 is 0 Å². The first kappa shape index (κ1) is 25.1. The van der Waals surface area contributed by atoms with Crippen LogP contribution in [0.25, 0.3) is 0 Å². The van der Waals surface area contributed by atoms with Crippen molar-refractivity contribution in [2.24, 2.45) is 0 Å². The number of pyridine rings is 2. The molecule has 3 heterocycles. The smallest absolute Gasteiger partial charge is 0.258 e. The van der Waals surface area contributed by atoms with Gasteiger partial charge in [0, 0.05) is 55.5 Å². The molecule has 10 heteroatoms. The van der Waals surface area contributed by atoms with Crippen LogP contribution in [-0.2, 0) is 4.79 Å². The average molecular weight is 511 g/mol. The minimum atomic E-state index is -0.435. The molecular weight excluding hydrogens is 484 g/mol. The molecule has 8 nitrogen and oxygen atoms in total. The van der Waals surface area contributed by atoms with Crippen molar-refractivity contribution < 1.29 is 9.59 Å². The number of thioether (sulfide) groups is 1. The van der Waals surface area contributed by atoms with Gasteiger partial charge in [-0.15, -0.1) is 0 Å². The number of amides is 2. The molecule has 2 N–H and O–H groups in total. The van der Waals surface area contributed by atoms with Crippen molar-refractivity contribution in [1.82, 2.24) is 25.1 Å². The van der Waals surface area contributed by atoms with Gasteiger partial charge in [-0.25, -0.2) is 4.98 Å². The zero-order chi connectivity index (χ0) is 24.6. The standard InChI is InChI=1S/C25H27ClN6O2S/c1-31-13-15-32(16-14-31)17-22(33)30-24(18-8-11-27-12-9-18)35-25-21(3-2-10-28-25)23(34)29-20-6-4-19(26)5-7-20/h2-12,24H,13-17H2,1H3,(H,29,34)(H,30,33). The molecule has 1 atom stereocenters. The second-order valence-corrected chi connectivity index (χ2v) is 9.77. The summed E-state index contributed by atoms with van der Waals surface area (Å²) in [5.41, 5.74) is 1.91. The van der Waals surface area contributed by atoms with Gasteiger partial charge < -0.3 is 15.5 Å². The van der Waals surface area contributed by atoms with Crippen LogP contribution in [0.2, 0.25) is 5.02 Å². The molecule has 35 heavy (non-hydrogen) atoms. The maximum atomic E-state index is 13.0. The number of carbonyl (C=O) groups excluding carboxylic acids is 2. The molecule has 1 aliphatic heterocycles. The summed E-state index contributed by atoms with van der Waals surface area (Å²) in [5.74, 6) is -0.368. The monoisotopic (exact) mass is 510 g/mol. The third kappa shape index (κ3) is 7.25. The Balaban J connectivity index is 1.49. The highest BCUT2D eigenvalue weighted by Gasteiger charge is 2.23. The highest BCUT2D eigenvalue weighted by Crippen LogP contribution is 2.34. The second-order valence-electron chi connectivity index (χ2n) is 8.24. The molecule has 3 aromatic rings. The summed E-state index contributed by atoms with van der Waals surface area (Å²) >= 11 is 7.27. The lowest BCUT2D eigenvalue weighted by Crippen LogP contribution is -2.48. The van der Waals surface area contributed by atoms with E-state index in [2.05, 4.69) is 37.4 Å². The number of nitrogens with one attached hydrogen (secondary N) is 2. The van der Waals surface area contributed by atoms with E-state index >= 15 is 0 Å². The summed E-state index contributed by atoms with van der Waals surface area (Å²) in [5, 5.41) is 6.67. The van der Waals surface area contributed by atoms with Crippen LogP contribution in [0.15, 0.2) is 72.1 Å². The molecule has 2 aromatic heterocycles. The number of piperazine rings is 1. The van der Waals surface area contributed by atoms with Crippen LogP contribution in [0.4, 0.5) is 5.69 Å². The average Bonchev–Trinajstić information content (AvgIpc) is 2.87. The van der Waals surface area contributed by atoms with Crippen molar-refractivity contribution in [3.8, 4) is 0 Å². The SMILES string of the molecule is CN1CCN(CC(=O)NC(Sc2ncccc2C(=O)Nc2ccc(Cl)cc2)c2ccncc2)CC1. The molecule has 0 bridgehead atoms. The molecule has 1 aromatic carbocycles. The van der Waals surface area contributed by atoms with Gasteiger partial charge in [-0.1, -0.05) is 23.4 Å². The van der Waals surface area contributed by atoms with E-state index in [9.17, 15) is 9.59 Å². The Morgan fingerprint density at radius 2 is 1.74 bits per heavy atom. The van der Waals surface area contributed by atoms with E-state index in [0.29, 0.717) is 27.8 Å². The first-order valence-corrected chi connectivity index (χ1v) is 12.5. The highest BCUT2D eigenvalue weighted by atomic mass is 35.5. The number of anilines is 1. The summed E-state index contributed by atoms with van der Waals surface area (Å²) < 4.78 is 0. The first-order chi connectivity index (χ1) is 17.0. The summed E-state index contributed by atoms with van der Waals surface area (Å²) in [4.78, 5) is 38.9. The van der Waals surface area contributed by atoms with Gasteiger partial charge in [0.15, 0.2) is 0 Å². The number of nitrogens with zero attached hydrogens (tertiary/aromatic N) is 4. The van der Waals surface area contributed by atoms with Gasteiger partial charge in [-0.05, 0) is 61.1 Å². The minimum absolute atomic E-state index is 0.0769. The van der Waals surface area contributed by atoms with Crippen LogP contribution in [0.5, 0.6) is 0 Å². The van der Waals surface area contributed by atoms with Gasteiger partial charge in [0.2, 0.25) is 5.91 Å². The third-order valence-electron chi connectivity index (χ3n) is 5.61. The molecule has 4 rings (SSSR count). The predicted molar refractivity (Wildman–Crippen MR) is 139 cm³/mol. The Morgan fingerprint density at radius 1 is 1.03 bits per heavy atom. The maximum absolute atomic E-state index is 13.0. The molecular formula is C25H27ClN6O2S. The minimum Gasteiger partial charge on any atom is -0.339 e. The highest BCUT2D eigenvalue weighted by molar-refractivity contribution is 7.99. The summed E-state index contributed by atoms with van der Waals surface area (Å²) in [7, 11) is 2.08. The fourth-order valence-electron chi connectivity index (χ4n) is 3.62. The van der Waals surface area contributed by atoms with Crippen molar-refractivity contribution >= 4 is 40.9 Å². The van der Waals surface area contributed by atoms with E-state index in [1.165, 1.54) is 11.8 Å². The summed E-state index contributed by atoms with van der Waals surface area (Å²) in [6, 6.07) is 14.0. The Kier molecular flexibility index (Phi) is 8.70. The lowest BCUT2D eigenvalue weighted by Gasteiger charge is -2.32. The van der Waals surface area contributed by atoms with Crippen molar-refractivity contribution in [2.75, 3.05) is 45.1 Å². The normalized spacial score (nSPS) is 15.4. The van der Waals surface area contributed by atoms with Crippen LogP contribution in [0.1, 0.15) is 21.3 Å². The molecule has 0 aliphatic carbocycles. The molecule has 1 unspecified atom stereocenters. The van der Waals surface area contributed by atoms with E-state index in [4.69, 9.17) is 11.6 Å². The first-order valence-electron chi connectivity index (χ1n) is 11.3. The Morgan fingerprint density at radius 3 is 2.46 bits per heavy atom. The van der Waals surface area contributed by atoms with Gasteiger partial charge in [0.1, 0.15) is 10.4 Å². The Bertz CT molecular complexity index is 1140. The topological polar surface area (TPSA) is 90.5 Å². The number of likely N-dealkylation sites (N-methyl/N-ethyl adjacent to an activating group) is 1. The van der Waals surface area contributed by atoms with E-state index in [0.717, 1.165) is 31.7 Å². The fourth-order valence-corrected chi connectivity index (χ4v) is 4.86. The van der Waals surface area contributed by atoms with Crippen LogP contribution in [0.3, 0.4) is 0 Å². The lowest BCUT2D eigenvalue weighted by atomic mass is 10.2. The molecule has 0 radical (unpaired) electrons. The molecule has 182 valence electrons. The van der Waals surface area contributed by atoms with E-state index in [1.54, 1.807) is 55.0 Å². The summed E-state index contributed by atoms with van der Waals surface area (Å²) in [6.45, 7) is 3.91. The maximum Gasteiger partial charge on any atom is 0.258 e. The second kappa shape index (κ2) is 12.1. The Labute approximate surface area is 214 Å². The molecule has 2 amide bonds. The van der Waals surface area contributed by atoms with Crippen molar-refractivity contribution in [2.45, 2.75) is 10.4 Å². The zero-order valence-corrected chi connectivity index (χ0v) is 20.9. The molecule has 0 saturated carbocycles. The lowest BCUT2D eigenvalue weighted by molar-refractivity contribution is -0.122. The number of hydrogen-bond donors (Lipinski definition) is 2. The summed E-state index contributed by atoms with van der Waals surface area (Å²) in [6.07, 6.45) is 5.00. The fraction of sp³-hybridized carbons (Fsp3) is 0.280. The number of rotatable bonds is 8. The number of halogens is 1. The van der Waals surface area contributed by atoms with Crippen LogP contribution in [0, 0.1) is 0 Å². The van der Waals surface area contributed by atoms with E-state index in [-0.39, 0.29) is 11.8 Å². The van der Waals surface area contributed by atoms with Gasteiger partial charge in [-0.3, -0.25) is 19.5 Å².